The summed E-state index contributed by atoms with van der Waals surface area (Å²) in [5.74, 6) is -0.666. The van der Waals surface area contributed by atoms with Gasteiger partial charge in [0, 0.05) is 13.2 Å². The van der Waals surface area contributed by atoms with Crippen LogP contribution in [0.25, 0.3) is 0 Å². The van der Waals surface area contributed by atoms with Gasteiger partial charge in [0.15, 0.2) is 0 Å². The first-order valence-corrected chi connectivity index (χ1v) is 7.05. The van der Waals surface area contributed by atoms with Crippen molar-refractivity contribution < 1.29 is 14.3 Å². The van der Waals surface area contributed by atoms with Crippen LogP contribution in [0.5, 0.6) is 0 Å². The second-order valence-corrected chi connectivity index (χ2v) is 4.73. The summed E-state index contributed by atoms with van der Waals surface area (Å²) in [5, 5.41) is 11.4. The number of nitrogens with zero attached hydrogens (tertiary/aromatic N) is 1. The molecule has 5 heteroatoms. The lowest BCUT2D eigenvalue weighted by Gasteiger charge is -2.21. The number of aliphatic hydroxyl groups is 1. The molecule has 112 valence electrons. The number of hydrogen-bond donors (Lipinski definition) is 2. The topological polar surface area (TPSA) is 52.6 Å². The maximum absolute atomic E-state index is 13.4. The zero-order chi connectivity index (χ0) is 14.8. The number of carbonyl (C=O) groups is 1. The number of carbonyl (C=O) groups excluding carboxylic acids is 1. The molecule has 0 bridgehead atoms. The second kappa shape index (κ2) is 9.44. The van der Waals surface area contributed by atoms with Crippen LogP contribution in [-0.4, -0.2) is 42.2 Å². The Kier molecular flexibility index (Phi) is 7.84. The van der Waals surface area contributed by atoms with Crippen LogP contribution in [0, 0.1) is 5.82 Å². The minimum absolute atomic E-state index is 0.109. The SMILES string of the molecule is CCCCN(CCCO)CC(=O)Nc1ccccc1F. The van der Waals surface area contributed by atoms with E-state index >= 15 is 0 Å². The Morgan fingerprint density at radius 3 is 2.65 bits per heavy atom. The van der Waals surface area contributed by atoms with E-state index in [1.165, 1.54) is 12.1 Å². The summed E-state index contributed by atoms with van der Waals surface area (Å²) in [6, 6.07) is 6.12. The number of rotatable bonds is 9. The van der Waals surface area contributed by atoms with E-state index in [4.69, 9.17) is 5.11 Å². The monoisotopic (exact) mass is 282 g/mol. The van der Waals surface area contributed by atoms with Gasteiger partial charge in [-0.1, -0.05) is 25.5 Å². The Hall–Kier alpha value is -1.46. The molecule has 4 nitrogen and oxygen atoms in total. The molecule has 0 unspecified atom stereocenters. The number of anilines is 1. The van der Waals surface area contributed by atoms with E-state index in [1.807, 2.05) is 4.90 Å². The highest BCUT2D eigenvalue weighted by Crippen LogP contribution is 2.12. The number of amides is 1. The van der Waals surface area contributed by atoms with Crippen molar-refractivity contribution in [3.63, 3.8) is 0 Å². The van der Waals surface area contributed by atoms with Gasteiger partial charge in [-0.3, -0.25) is 9.69 Å². The number of nitrogens with one attached hydrogen (secondary N) is 1. The lowest BCUT2D eigenvalue weighted by molar-refractivity contribution is -0.117. The fourth-order valence-corrected chi connectivity index (χ4v) is 1.90. The minimum atomic E-state index is -0.434. The first-order valence-electron chi connectivity index (χ1n) is 7.05. The predicted molar refractivity (Wildman–Crippen MR) is 78.1 cm³/mol. The Balaban J connectivity index is 2.50. The lowest BCUT2D eigenvalue weighted by Crippen LogP contribution is -2.35. The maximum atomic E-state index is 13.4. The summed E-state index contributed by atoms with van der Waals surface area (Å²) in [4.78, 5) is 13.9. The van der Waals surface area contributed by atoms with E-state index in [0.29, 0.717) is 13.0 Å². The summed E-state index contributed by atoms with van der Waals surface area (Å²) < 4.78 is 13.4. The molecule has 1 amide bonds. The molecular weight excluding hydrogens is 259 g/mol. The van der Waals surface area contributed by atoms with Gasteiger partial charge in [-0.15, -0.1) is 0 Å². The van der Waals surface area contributed by atoms with Gasteiger partial charge in [-0.25, -0.2) is 4.39 Å². The average molecular weight is 282 g/mol. The molecule has 0 fully saturated rings. The fraction of sp³-hybridized carbons (Fsp3) is 0.533. The molecule has 0 atom stereocenters. The average Bonchev–Trinajstić information content (AvgIpc) is 2.44. The van der Waals surface area contributed by atoms with Crippen molar-refractivity contribution in [2.45, 2.75) is 26.2 Å². The normalized spacial score (nSPS) is 10.8. The number of halogens is 1. The number of hydrogen-bond acceptors (Lipinski definition) is 3. The van der Waals surface area contributed by atoms with Crippen molar-refractivity contribution >= 4 is 11.6 Å². The van der Waals surface area contributed by atoms with E-state index in [2.05, 4.69) is 12.2 Å². The second-order valence-electron chi connectivity index (χ2n) is 4.73. The van der Waals surface area contributed by atoms with Gasteiger partial charge in [0.25, 0.3) is 0 Å². The van der Waals surface area contributed by atoms with Crippen LogP contribution in [-0.2, 0) is 4.79 Å². The molecule has 20 heavy (non-hydrogen) atoms. The van der Waals surface area contributed by atoms with Crippen LogP contribution in [0.2, 0.25) is 0 Å². The van der Waals surface area contributed by atoms with Crippen LogP contribution >= 0.6 is 0 Å². The minimum Gasteiger partial charge on any atom is -0.396 e. The fourth-order valence-electron chi connectivity index (χ4n) is 1.90. The molecule has 1 aromatic carbocycles. The van der Waals surface area contributed by atoms with E-state index in [9.17, 15) is 9.18 Å². The van der Waals surface area contributed by atoms with Crippen molar-refractivity contribution in [1.29, 1.82) is 0 Å². The third-order valence-corrected chi connectivity index (χ3v) is 2.98. The van der Waals surface area contributed by atoms with E-state index in [0.717, 1.165) is 19.4 Å². The summed E-state index contributed by atoms with van der Waals surface area (Å²) >= 11 is 0. The van der Waals surface area contributed by atoms with Crippen molar-refractivity contribution in [2.75, 3.05) is 31.6 Å². The molecule has 0 saturated carbocycles. The maximum Gasteiger partial charge on any atom is 0.238 e. The summed E-state index contributed by atoms with van der Waals surface area (Å²) in [5.41, 5.74) is 0.204. The van der Waals surface area contributed by atoms with Crippen LogP contribution in [0.4, 0.5) is 10.1 Å². The van der Waals surface area contributed by atoms with Crippen LogP contribution in [0.15, 0.2) is 24.3 Å². The molecule has 0 aliphatic rings. The molecule has 1 rings (SSSR count). The molecule has 0 heterocycles. The number of unbranched alkanes of at least 4 members (excludes halogenated alkanes) is 1. The van der Waals surface area contributed by atoms with Gasteiger partial charge >= 0.3 is 0 Å². The molecular formula is C15H23FN2O2. The van der Waals surface area contributed by atoms with Crippen LogP contribution in [0.3, 0.4) is 0 Å². The molecule has 0 aromatic heterocycles. The first kappa shape index (κ1) is 16.6. The lowest BCUT2D eigenvalue weighted by atomic mass is 10.2. The van der Waals surface area contributed by atoms with Gasteiger partial charge in [-0.05, 0) is 31.5 Å². The highest BCUT2D eigenvalue weighted by Gasteiger charge is 2.11. The number of para-hydroxylation sites is 1. The Bertz CT molecular complexity index is 405. The third-order valence-electron chi connectivity index (χ3n) is 2.98. The Morgan fingerprint density at radius 1 is 1.30 bits per heavy atom. The quantitative estimate of drug-likeness (QED) is 0.730. The van der Waals surface area contributed by atoms with Gasteiger partial charge in [0.05, 0.1) is 12.2 Å². The van der Waals surface area contributed by atoms with E-state index < -0.39 is 5.82 Å². The van der Waals surface area contributed by atoms with E-state index in [1.54, 1.807) is 12.1 Å². The number of aliphatic hydroxyl groups excluding tert-OH is 1. The zero-order valence-corrected chi connectivity index (χ0v) is 11.9. The van der Waals surface area contributed by atoms with Gasteiger partial charge in [-0.2, -0.15) is 0 Å². The number of benzene rings is 1. The van der Waals surface area contributed by atoms with Crippen molar-refractivity contribution in [3.8, 4) is 0 Å². The Morgan fingerprint density at radius 2 is 2.00 bits per heavy atom. The van der Waals surface area contributed by atoms with Crippen LogP contribution < -0.4 is 5.32 Å². The molecule has 0 spiro atoms. The smallest absolute Gasteiger partial charge is 0.238 e. The predicted octanol–water partition coefficient (Wildman–Crippen LogP) is 2.25. The zero-order valence-electron chi connectivity index (χ0n) is 11.9. The molecule has 0 radical (unpaired) electrons. The van der Waals surface area contributed by atoms with Crippen molar-refractivity contribution in [3.05, 3.63) is 30.1 Å². The molecule has 0 aliphatic heterocycles. The Labute approximate surface area is 119 Å². The largest absolute Gasteiger partial charge is 0.396 e. The van der Waals surface area contributed by atoms with Gasteiger partial charge < -0.3 is 10.4 Å². The highest BCUT2D eigenvalue weighted by molar-refractivity contribution is 5.92. The molecule has 1 aromatic rings. The van der Waals surface area contributed by atoms with Crippen molar-refractivity contribution in [1.82, 2.24) is 4.90 Å². The summed E-state index contributed by atoms with van der Waals surface area (Å²) in [6.45, 7) is 3.89. The van der Waals surface area contributed by atoms with Gasteiger partial charge in [0.2, 0.25) is 5.91 Å². The van der Waals surface area contributed by atoms with Crippen molar-refractivity contribution in [2.24, 2.45) is 0 Å². The molecule has 2 N–H and O–H groups in total. The standard InChI is InChI=1S/C15H23FN2O2/c1-2-3-9-18(10-6-11-19)12-15(20)17-14-8-5-4-7-13(14)16/h4-5,7-8,19H,2-3,6,9-12H2,1H3,(H,17,20). The summed E-state index contributed by atoms with van der Waals surface area (Å²) in [6.07, 6.45) is 2.68. The third kappa shape index (κ3) is 6.12. The highest BCUT2D eigenvalue weighted by atomic mass is 19.1. The van der Waals surface area contributed by atoms with Crippen LogP contribution in [0.1, 0.15) is 26.2 Å². The molecule has 0 aliphatic carbocycles. The molecule has 0 saturated heterocycles. The van der Waals surface area contributed by atoms with Gasteiger partial charge in [0.1, 0.15) is 5.82 Å². The first-order chi connectivity index (χ1) is 9.67. The summed E-state index contributed by atoms with van der Waals surface area (Å²) in [7, 11) is 0. The van der Waals surface area contributed by atoms with E-state index in [-0.39, 0.29) is 24.7 Å².